The van der Waals surface area contributed by atoms with E-state index in [1.54, 1.807) is 6.07 Å². The lowest BCUT2D eigenvalue weighted by Gasteiger charge is -2.20. The maximum Gasteiger partial charge on any atom is 0.236 e. The molecule has 122 valence electrons. The number of fused-ring (bicyclic) bond motifs is 1. The minimum Gasteiger partial charge on any atom is -0.292 e. The molecule has 2 aliphatic rings. The largest absolute Gasteiger partial charge is 0.292 e. The van der Waals surface area contributed by atoms with Crippen molar-refractivity contribution in [2.45, 2.75) is 32.1 Å². The van der Waals surface area contributed by atoms with Crippen LogP contribution in [0.2, 0.25) is 0 Å². The van der Waals surface area contributed by atoms with Crippen LogP contribution in [0.1, 0.15) is 42.5 Å². The number of carbonyl (C=O) groups is 3. The van der Waals surface area contributed by atoms with Crippen LogP contribution in [0.4, 0.5) is 0 Å². The molecule has 24 heavy (non-hydrogen) atoms. The van der Waals surface area contributed by atoms with Crippen molar-refractivity contribution in [3.05, 3.63) is 48.0 Å². The van der Waals surface area contributed by atoms with Crippen molar-refractivity contribution < 1.29 is 14.4 Å². The van der Waals surface area contributed by atoms with Gasteiger partial charge in [0.1, 0.15) is 0 Å². The van der Waals surface area contributed by atoms with E-state index in [9.17, 15) is 14.4 Å². The topological polar surface area (TPSA) is 54.5 Å². The molecule has 1 aliphatic carbocycles. The van der Waals surface area contributed by atoms with Crippen molar-refractivity contribution in [2.75, 3.05) is 6.54 Å². The maximum absolute atomic E-state index is 12.8. The number of imide groups is 1. The van der Waals surface area contributed by atoms with Crippen LogP contribution in [0.5, 0.6) is 0 Å². The summed E-state index contributed by atoms with van der Waals surface area (Å²) in [6.07, 6.45) is 3.80. The smallest absolute Gasteiger partial charge is 0.236 e. The van der Waals surface area contributed by atoms with Gasteiger partial charge >= 0.3 is 0 Å². The first-order chi connectivity index (χ1) is 11.6. The molecule has 2 aromatic rings. The maximum atomic E-state index is 12.8. The molecule has 0 atom stereocenters. The Labute approximate surface area is 140 Å². The molecular formula is C20H19NO3. The highest BCUT2D eigenvalue weighted by Crippen LogP contribution is 2.46. The Morgan fingerprint density at radius 3 is 2.50 bits per heavy atom. The second kappa shape index (κ2) is 5.55. The van der Waals surface area contributed by atoms with Gasteiger partial charge in [-0.2, -0.15) is 0 Å². The minimum absolute atomic E-state index is 0.140. The summed E-state index contributed by atoms with van der Waals surface area (Å²) in [5.41, 5.74) is 0.0527. The van der Waals surface area contributed by atoms with Gasteiger partial charge in [0.15, 0.2) is 5.78 Å². The zero-order valence-corrected chi connectivity index (χ0v) is 13.5. The average Bonchev–Trinajstić information content (AvgIpc) is 3.15. The summed E-state index contributed by atoms with van der Waals surface area (Å²) < 4.78 is 0. The zero-order valence-electron chi connectivity index (χ0n) is 13.5. The molecular weight excluding hydrogens is 302 g/mol. The highest BCUT2D eigenvalue weighted by atomic mass is 16.2. The number of amides is 2. The second-order valence-electron chi connectivity index (χ2n) is 6.90. The molecule has 0 radical (unpaired) electrons. The lowest BCUT2D eigenvalue weighted by molar-refractivity contribution is -0.140. The summed E-state index contributed by atoms with van der Waals surface area (Å²) in [5.74, 6) is -0.516. The first kappa shape index (κ1) is 15.1. The number of nitrogens with zero attached hydrogens (tertiary/aromatic N) is 1. The average molecular weight is 321 g/mol. The lowest BCUT2D eigenvalue weighted by atomic mass is 9.84. The molecule has 2 amide bonds. The fraction of sp³-hybridized carbons (Fsp3) is 0.350. The van der Waals surface area contributed by atoms with E-state index in [0.717, 1.165) is 36.5 Å². The number of rotatable bonds is 3. The van der Waals surface area contributed by atoms with E-state index < -0.39 is 5.41 Å². The van der Waals surface area contributed by atoms with Gasteiger partial charge in [0.05, 0.1) is 12.0 Å². The molecule has 1 heterocycles. The number of Topliss-reactive ketones (excluding diaryl/α,β-unsaturated/α-hetero) is 1. The quantitative estimate of drug-likeness (QED) is 0.643. The first-order valence-corrected chi connectivity index (χ1v) is 8.46. The first-order valence-electron chi connectivity index (χ1n) is 8.46. The van der Waals surface area contributed by atoms with Crippen LogP contribution in [0.15, 0.2) is 42.5 Å². The highest BCUT2D eigenvalue weighted by molar-refractivity contribution is 6.14. The third-order valence-electron chi connectivity index (χ3n) is 5.44. The van der Waals surface area contributed by atoms with Gasteiger partial charge in [0, 0.05) is 12.0 Å². The fourth-order valence-corrected chi connectivity index (χ4v) is 4.16. The number of carbonyl (C=O) groups excluding carboxylic acids is 3. The molecule has 2 aromatic carbocycles. The number of ketones is 1. The van der Waals surface area contributed by atoms with Crippen molar-refractivity contribution >= 4 is 28.4 Å². The Kier molecular flexibility index (Phi) is 3.48. The summed E-state index contributed by atoms with van der Waals surface area (Å²) in [5, 5.41) is 1.84. The Hall–Kier alpha value is -2.49. The van der Waals surface area contributed by atoms with E-state index in [4.69, 9.17) is 0 Å². The normalized spacial score (nSPS) is 19.6. The van der Waals surface area contributed by atoms with Crippen molar-refractivity contribution in [2.24, 2.45) is 5.41 Å². The van der Waals surface area contributed by atoms with Crippen LogP contribution in [0.25, 0.3) is 10.8 Å². The Morgan fingerprint density at radius 1 is 1.00 bits per heavy atom. The molecule has 1 spiro atoms. The molecule has 0 bridgehead atoms. The van der Waals surface area contributed by atoms with E-state index in [1.807, 2.05) is 36.4 Å². The highest BCUT2D eigenvalue weighted by Gasteiger charge is 2.52. The molecule has 4 rings (SSSR count). The Bertz CT molecular complexity index is 844. The predicted octanol–water partition coefficient (Wildman–Crippen LogP) is 3.34. The number of hydrogen-bond acceptors (Lipinski definition) is 3. The van der Waals surface area contributed by atoms with Crippen LogP contribution >= 0.6 is 0 Å². The summed E-state index contributed by atoms with van der Waals surface area (Å²) in [4.78, 5) is 39.0. The molecule has 1 aliphatic heterocycles. The summed E-state index contributed by atoms with van der Waals surface area (Å²) in [7, 11) is 0. The Balaban J connectivity index is 1.62. The Morgan fingerprint density at radius 2 is 1.71 bits per heavy atom. The fourth-order valence-electron chi connectivity index (χ4n) is 4.16. The van der Waals surface area contributed by atoms with Gasteiger partial charge in [-0.3, -0.25) is 19.3 Å². The molecule has 0 aromatic heterocycles. The monoisotopic (exact) mass is 321 g/mol. The lowest BCUT2D eigenvalue weighted by Crippen LogP contribution is -2.38. The van der Waals surface area contributed by atoms with Crippen LogP contribution in [-0.2, 0) is 9.59 Å². The van der Waals surface area contributed by atoms with Crippen molar-refractivity contribution in [3.8, 4) is 0 Å². The zero-order chi connectivity index (χ0) is 16.7. The standard InChI is InChI=1S/C20H19NO3/c22-17(16-9-5-7-14-6-1-2-8-15(14)16)13-21-18(23)12-20(19(21)24)10-3-4-11-20/h1-2,5-9H,3-4,10-13H2. The van der Waals surface area contributed by atoms with E-state index >= 15 is 0 Å². The van der Waals surface area contributed by atoms with Gasteiger partial charge < -0.3 is 0 Å². The van der Waals surface area contributed by atoms with Crippen molar-refractivity contribution in [1.82, 2.24) is 4.90 Å². The summed E-state index contributed by atoms with van der Waals surface area (Å²) >= 11 is 0. The summed E-state index contributed by atoms with van der Waals surface area (Å²) in [6.45, 7) is -0.145. The third kappa shape index (κ3) is 2.25. The van der Waals surface area contributed by atoms with E-state index in [1.165, 1.54) is 4.90 Å². The second-order valence-corrected chi connectivity index (χ2v) is 6.90. The molecule has 4 nitrogen and oxygen atoms in total. The molecule has 1 saturated heterocycles. The number of likely N-dealkylation sites (tertiary alicyclic amines) is 1. The number of hydrogen-bond donors (Lipinski definition) is 0. The molecule has 0 N–H and O–H groups in total. The number of benzene rings is 2. The van der Waals surface area contributed by atoms with Crippen molar-refractivity contribution in [3.63, 3.8) is 0 Å². The van der Waals surface area contributed by atoms with Gasteiger partial charge in [-0.25, -0.2) is 0 Å². The van der Waals surface area contributed by atoms with Gasteiger partial charge in [0.2, 0.25) is 11.8 Å². The molecule has 4 heteroatoms. The SMILES string of the molecule is O=C(CN1C(=O)CC2(CCCC2)C1=O)c1cccc2ccccc12. The van der Waals surface area contributed by atoms with Crippen molar-refractivity contribution in [1.29, 1.82) is 0 Å². The van der Waals surface area contributed by atoms with Gasteiger partial charge in [-0.1, -0.05) is 55.3 Å². The van der Waals surface area contributed by atoms with Crippen LogP contribution < -0.4 is 0 Å². The van der Waals surface area contributed by atoms with E-state index in [0.29, 0.717) is 5.56 Å². The van der Waals surface area contributed by atoms with Crippen LogP contribution in [0, 0.1) is 5.41 Å². The van der Waals surface area contributed by atoms with Gasteiger partial charge in [0.25, 0.3) is 0 Å². The molecule has 2 fully saturated rings. The minimum atomic E-state index is -0.518. The van der Waals surface area contributed by atoms with Crippen LogP contribution in [-0.4, -0.2) is 29.0 Å². The van der Waals surface area contributed by atoms with Crippen LogP contribution in [0.3, 0.4) is 0 Å². The third-order valence-corrected chi connectivity index (χ3v) is 5.44. The molecule has 1 saturated carbocycles. The van der Waals surface area contributed by atoms with Gasteiger partial charge in [-0.05, 0) is 23.6 Å². The summed E-state index contributed by atoms with van der Waals surface area (Å²) in [6, 6.07) is 13.2. The predicted molar refractivity (Wildman–Crippen MR) is 90.5 cm³/mol. The van der Waals surface area contributed by atoms with E-state index in [-0.39, 0.29) is 30.6 Å². The van der Waals surface area contributed by atoms with Gasteiger partial charge in [-0.15, -0.1) is 0 Å². The molecule has 0 unspecified atom stereocenters. The van der Waals surface area contributed by atoms with E-state index in [2.05, 4.69) is 0 Å².